The monoisotopic (exact) mass is 530 g/mol. The number of carbonyl (C=O) groups is 1. The average molecular weight is 531 g/mol. The summed E-state index contributed by atoms with van der Waals surface area (Å²) in [7, 11) is 0. The van der Waals surface area contributed by atoms with Crippen LogP contribution in [0.25, 0.3) is 16.9 Å². The van der Waals surface area contributed by atoms with E-state index in [2.05, 4.69) is 39.8 Å². The van der Waals surface area contributed by atoms with Gasteiger partial charge in [0.1, 0.15) is 0 Å². The van der Waals surface area contributed by atoms with E-state index >= 15 is 0 Å². The van der Waals surface area contributed by atoms with Gasteiger partial charge in [-0.15, -0.1) is 0 Å². The second-order valence-corrected chi connectivity index (χ2v) is 10.4. The lowest BCUT2D eigenvalue weighted by Crippen LogP contribution is -2.20. The van der Waals surface area contributed by atoms with Crippen LogP contribution in [0, 0.1) is 0 Å². The Morgan fingerprint density at radius 2 is 1.50 bits per heavy atom. The molecule has 2 aromatic heterocycles. The van der Waals surface area contributed by atoms with Crippen LogP contribution < -0.4 is 10.6 Å². The van der Waals surface area contributed by atoms with Gasteiger partial charge in [0.15, 0.2) is 11.5 Å². The summed E-state index contributed by atoms with van der Waals surface area (Å²) in [5, 5.41) is 10.6. The molecule has 40 heavy (non-hydrogen) atoms. The van der Waals surface area contributed by atoms with Crippen LogP contribution in [0.1, 0.15) is 36.2 Å². The van der Waals surface area contributed by atoms with Gasteiger partial charge in [-0.05, 0) is 92.8 Å². The number of benzene rings is 3. The van der Waals surface area contributed by atoms with Gasteiger partial charge in [-0.1, -0.05) is 60.7 Å². The topological polar surface area (TPSA) is 74.6 Å². The number of carbonyl (C=O) groups excluding carboxylic acids is 1. The molecule has 2 amide bonds. The van der Waals surface area contributed by atoms with Crippen LogP contribution in [0.15, 0.2) is 97.1 Å². The Hall–Kier alpha value is -4.49. The number of hydrogen-bond donors (Lipinski definition) is 2. The lowest BCUT2D eigenvalue weighted by atomic mass is 10.1. The first-order chi connectivity index (χ1) is 19.7. The number of likely N-dealkylation sites (tertiary alicyclic amines) is 1. The van der Waals surface area contributed by atoms with Gasteiger partial charge >= 0.3 is 6.03 Å². The molecule has 0 spiro atoms. The van der Waals surface area contributed by atoms with E-state index in [4.69, 9.17) is 10.1 Å². The maximum absolute atomic E-state index is 12.5. The summed E-state index contributed by atoms with van der Waals surface area (Å²) in [6, 6.07) is 31.7. The Labute approximate surface area is 234 Å². The van der Waals surface area contributed by atoms with Gasteiger partial charge in [0.05, 0.1) is 5.69 Å². The van der Waals surface area contributed by atoms with Crippen LogP contribution in [0.4, 0.5) is 16.2 Å². The van der Waals surface area contributed by atoms with E-state index in [1.807, 2.05) is 77.3 Å². The number of rotatable bonds is 9. The van der Waals surface area contributed by atoms with Crippen molar-refractivity contribution in [2.45, 2.75) is 32.1 Å². The first-order valence-corrected chi connectivity index (χ1v) is 14.1. The van der Waals surface area contributed by atoms with Crippen molar-refractivity contribution in [1.29, 1.82) is 0 Å². The third-order valence-electron chi connectivity index (χ3n) is 7.38. The molecule has 3 heterocycles. The second kappa shape index (κ2) is 12.1. The molecule has 1 aliphatic heterocycles. The molecule has 7 heteroatoms. The van der Waals surface area contributed by atoms with E-state index in [1.165, 1.54) is 50.0 Å². The third-order valence-corrected chi connectivity index (χ3v) is 7.38. The first-order valence-electron chi connectivity index (χ1n) is 14.1. The quantitative estimate of drug-likeness (QED) is 0.224. The van der Waals surface area contributed by atoms with Gasteiger partial charge in [0.25, 0.3) is 0 Å². The Morgan fingerprint density at radius 1 is 0.775 bits per heavy atom. The fraction of sp³-hybridized carbons (Fsp3) is 0.242. The van der Waals surface area contributed by atoms with Crippen LogP contribution >= 0.6 is 0 Å². The molecule has 0 atom stereocenters. The molecule has 2 N–H and O–H groups in total. The van der Waals surface area contributed by atoms with E-state index in [9.17, 15) is 4.79 Å². The van der Waals surface area contributed by atoms with Crippen molar-refractivity contribution in [2.75, 3.05) is 30.3 Å². The summed E-state index contributed by atoms with van der Waals surface area (Å²) in [5.74, 6) is 0.783. The highest BCUT2D eigenvalue weighted by Crippen LogP contribution is 2.24. The van der Waals surface area contributed by atoms with E-state index < -0.39 is 0 Å². The van der Waals surface area contributed by atoms with Crippen LogP contribution in [0.3, 0.4) is 0 Å². The van der Waals surface area contributed by atoms with Crippen LogP contribution in [-0.4, -0.2) is 45.2 Å². The summed E-state index contributed by atoms with van der Waals surface area (Å²) in [6.07, 6.45) is 5.71. The van der Waals surface area contributed by atoms with Crippen molar-refractivity contribution >= 4 is 23.1 Å². The number of amides is 2. The molecule has 1 aliphatic rings. The Balaban J connectivity index is 1.12. The molecule has 1 saturated heterocycles. The molecular weight excluding hydrogens is 496 g/mol. The van der Waals surface area contributed by atoms with Crippen molar-refractivity contribution in [1.82, 2.24) is 19.5 Å². The molecule has 6 rings (SSSR count). The number of aryl methyl sites for hydroxylation is 1. The van der Waals surface area contributed by atoms with Crippen LogP contribution in [-0.2, 0) is 12.8 Å². The summed E-state index contributed by atoms with van der Waals surface area (Å²) in [4.78, 5) is 19.9. The van der Waals surface area contributed by atoms with Crippen molar-refractivity contribution in [3.05, 3.63) is 114 Å². The molecule has 0 aliphatic carbocycles. The zero-order valence-corrected chi connectivity index (χ0v) is 22.6. The third kappa shape index (κ3) is 6.38. The summed E-state index contributed by atoms with van der Waals surface area (Å²) < 4.78 is 1.88. The van der Waals surface area contributed by atoms with E-state index in [1.54, 1.807) is 0 Å². The van der Waals surface area contributed by atoms with Gasteiger partial charge < -0.3 is 15.5 Å². The Morgan fingerprint density at radius 3 is 2.33 bits per heavy atom. The number of urea groups is 1. The largest absolute Gasteiger partial charge is 0.323 e. The molecule has 5 aromatic rings. The first kappa shape index (κ1) is 25.8. The second-order valence-electron chi connectivity index (χ2n) is 10.4. The number of fused-ring (bicyclic) bond motifs is 1. The molecule has 0 radical (unpaired) electrons. The highest BCUT2D eigenvalue weighted by atomic mass is 16.2. The standard InChI is InChI=1S/C33H34N6O/c40-33(34-28-11-2-1-3-12-28)35-29-13-6-10-27(24-29)30-14-7-15-32-36-31(37-39(30)32)23-26-18-16-25(17-19-26)9-8-22-38-20-4-5-21-38/h1-3,6-7,10-19,24H,4-5,8-9,20-23H2,(H2,34,35,40). The lowest BCUT2D eigenvalue weighted by Gasteiger charge is -2.13. The molecule has 0 bridgehead atoms. The van der Waals surface area contributed by atoms with Crippen molar-refractivity contribution < 1.29 is 4.79 Å². The van der Waals surface area contributed by atoms with Crippen molar-refractivity contribution in [2.24, 2.45) is 0 Å². The number of nitrogens with zero attached hydrogens (tertiary/aromatic N) is 4. The van der Waals surface area contributed by atoms with Gasteiger partial charge in [-0.25, -0.2) is 14.3 Å². The van der Waals surface area contributed by atoms with E-state index in [0.29, 0.717) is 12.1 Å². The van der Waals surface area contributed by atoms with E-state index in [-0.39, 0.29) is 6.03 Å². The molecule has 0 saturated carbocycles. The predicted molar refractivity (Wildman–Crippen MR) is 161 cm³/mol. The zero-order valence-electron chi connectivity index (χ0n) is 22.6. The highest BCUT2D eigenvalue weighted by Gasteiger charge is 2.12. The lowest BCUT2D eigenvalue weighted by molar-refractivity contribution is 0.262. The van der Waals surface area contributed by atoms with Gasteiger partial charge in [0, 0.05) is 23.4 Å². The van der Waals surface area contributed by atoms with Gasteiger partial charge in [0.2, 0.25) is 0 Å². The molecule has 7 nitrogen and oxygen atoms in total. The minimum atomic E-state index is -0.290. The molecular formula is C33H34N6O. The molecule has 1 fully saturated rings. The summed E-state index contributed by atoms with van der Waals surface area (Å²) in [6.45, 7) is 3.73. The van der Waals surface area contributed by atoms with Crippen LogP contribution in [0.5, 0.6) is 0 Å². The molecule has 0 unspecified atom stereocenters. The van der Waals surface area contributed by atoms with Crippen molar-refractivity contribution in [3.63, 3.8) is 0 Å². The maximum atomic E-state index is 12.5. The summed E-state index contributed by atoms with van der Waals surface area (Å²) >= 11 is 0. The number of anilines is 2. The smallest absolute Gasteiger partial charge is 0.308 e. The fourth-order valence-electron chi connectivity index (χ4n) is 5.33. The number of para-hydroxylation sites is 1. The van der Waals surface area contributed by atoms with Crippen LogP contribution in [0.2, 0.25) is 0 Å². The normalized spacial score (nSPS) is 13.5. The van der Waals surface area contributed by atoms with Crippen molar-refractivity contribution in [3.8, 4) is 11.3 Å². The average Bonchev–Trinajstić information content (AvgIpc) is 3.64. The molecule has 202 valence electrons. The number of hydrogen-bond acceptors (Lipinski definition) is 4. The number of nitrogens with one attached hydrogen (secondary N) is 2. The van der Waals surface area contributed by atoms with Gasteiger partial charge in [-0.2, -0.15) is 5.10 Å². The minimum Gasteiger partial charge on any atom is -0.308 e. The highest BCUT2D eigenvalue weighted by molar-refractivity contribution is 6.00. The van der Waals surface area contributed by atoms with E-state index in [0.717, 1.165) is 34.8 Å². The minimum absolute atomic E-state index is 0.290. The number of aromatic nitrogens is 3. The Bertz CT molecular complexity index is 1570. The number of pyridine rings is 1. The maximum Gasteiger partial charge on any atom is 0.323 e. The molecule has 3 aromatic carbocycles. The SMILES string of the molecule is O=C(Nc1ccccc1)Nc1cccc(-c2cccc3nc(Cc4ccc(CCCN5CCCC5)cc4)nn23)c1. The fourth-order valence-corrected chi connectivity index (χ4v) is 5.33. The van der Waals surface area contributed by atoms with Gasteiger partial charge in [-0.3, -0.25) is 0 Å². The summed E-state index contributed by atoms with van der Waals surface area (Å²) in [5.41, 5.74) is 6.68. The zero-order chi connectivity index (χ0) is 27.1. The Kier molecular flexibility index (Phi) is 7.82. The predicted octanol–water partition coefficient (Wildman–Crippen LogP) is 6.66.